The van der Waals surface area contributed by atoms with Crippen molar-refractivity contribution in [2.24, 2.45) is 0 Å². The van der Waals surface area contributed by atoms with Crippen LogP contribution >= 0.6 is 0 Å². The Kier molecular flexibility index (Phi) is 4.35. The molecule has 0 saturated carbocycles. The van der Waals surface area contributed by atoms with Crippen LogP contribution in [-0.2, 0) is 13.0 Å². The van der Waals surface area contributed by atoms with E-state index in [0.29, 0.717) is 18.5 Å². The average Bonchev–Trinajstić information content (AvgIpc) is 2.98. The minimum atomic E-state index is 0.170. The van der Waals surface area contributed by atoms with Crippen LogP contribution in [0.2, 0.25) is 0 Å². The molecule has 0 bridgehead atoms. The predicted octanol–water partition coefficient (Wildman–Crippen LogP) is 1.82. The van der Waals surface area contributed by atoms with Crippen LogP contribution in [0, 0.1) is 0 Å². The van der Waals surface area contributed by atoms with Gasteiger partial charge in [-0.25, -0.2) is 0 Å². The first kappa shape index (κ1) is 12.6. The quantitative estimate of drug-likeness (QED) is 0.780. The Bertz CT molecular complexity index is 452. The van der Waals surface area contributed by atoms with Crippen molar-refractivity contribution in [2.45, 2.75) is 32.9 Å². The molecule has 0 amide bonds. The molecule has 0 aromatic carbocycles. The molecule has 0 fully saturated rings. The van der Waals surface area contributed by atoms with Crippen LogP contribution in [0.25, 0.3) is 0 Å². The average molecular weight is 250 g/mol. The zero-order valence-corrected chi connectivity index (χ0v) is 10.6. The summed E-state index contributed by atoms with van der Waals surface area (Å²) >= 11 is 0. The van der Waals surface area contributed by atoms with Crippen LogP contribution in [0.1, 0.15) is 25.5 Å². The molecule has 2 rings (SSSR count). The van der Waals surface area contributed by atoms with Gasteiger partial charge < -0.3 is 19.5 Å². The van der Waals surface area contributed by atoms with E-state index in [1.165, 1.54) is 0 Å². The molecule has 0 radical (unpaired) electrons. The molecule has 1 atom stereocenters. The molecule has 6 nitrogen and oxygen atoms in total. The second-order valence-electron chi connectivity index (χ2n) is 4.11. The fourth-order valence-corrected chi connectivity index (χ4v) is 1.61. The molecule has 0 aliphatic rings. The maximum Gasteiger partial charge on any atom is 0.315 e. The van der Waals surface area contributed by atoms with Crippen molar-refractivity contribution >= 4 is 6.01 Å². The van der Waals surface area contributed by atoms with Crippen molar-refractivity contribution in [1.82, 2.24) is 15.5 Å². The smallest absolute Gasteiger partial charge is 0.315 e. The van der Waals surface area contributed by atoms with Gasteiger partial charge in [0.05, 0.1) is 12.8 Å². The minimum absolute atomic E-state index is 0.170. The van der Waals surface area contributed by atoms with Crippen molar-refractivity contribution in [1.29, 1.82) is 0 Å². The molecule has 0 spiro atoms. The molecule has 2 heterocycles. The second-order valence-corrected chi connectivity index (χ2v) is 4.11. The van der Waals surface area contributed by atoms with Gasteiger partial charge in [0.2, 0.25) is 5.89 Å². The fourth-order valence-electron chi connectivity index (χ4n) is 1.61. The number of anilines is 1. The van der Waals surface area contributed by atoms with E-state index in [9.17, 15) is 0 Å². The van der Waals surface area contributed by atoms with Gasteiger partial charge >= 0.3 is 6.01 Å². The van der Waals surface area contributed by atoms with Gasteiger partial charge in [-0.15, -0.1) is 5.10 Å². The maximum absolute atomic E-state index is 5.45. The number of rotatable bonds is 7. The van der Waals surface area contributed by atoms with Gasteiger partial charge in [-0.2, -0.15) is 0 Å². The topological polar surface area (TPSA) is 76.1 Å². The summed E-state index contributed by atoms with van der Waals surface area (Å²) in [4.78, 5) is 0. The zero-order chi connectivity index (χ0) is 12.8. The lowest BCUT2D eigenvalue weighted by Crippen LogP contribution is -2.17. The van der Waals surface area contributed by atoms with Crippen LogP contribution in [0.15, 0.2) is 27.2 Å². The summed E-state index contributed by atoms with van der Waals surface area (Å²) in [6.45, 7) is 5.54. The molecular formula is C12H18N4O2. The molecule has 98 valence electrons. The number of nitrogens with zero attached hydrogens (tertiary/aromatic N) is 2. The van der Waals surface area contributed by atoms with Gasteiger partial charge in [-0.3, -0.25) is 0 Å². The molecule has 0 aliphatic heterocycles. The van der Waals surface area contributed by atoms with Crippen molar-refractivity contribution in [3.8, 4) is 0 Å². The highest BCUT2D eigenvalue weighted by Gasteiger charge is 2.10. The van der Waals surface area contributed by atoms with Crippen molar-refractivity contribution < 1.29 is 8.83 Å². The Balaban J connectivity index is 1.83. The standard InChI is InChI=1S/C12H18N4O2/c1-3-13-8-11-15-16-12(18-11)14-9(2)7-10-5-4-6-17-10/h4-6,9,13H,3,7-8H2,1-2H3,(H,14,16). The largest absolute Gasteiger partial charge is 0.469 e. The Morgan fingerprint density at radius 3 is 3.00 bits per heavy atom. The highest BCUT2D eigenvalue weighted by atomic mass is 16.4. The van der Waals surface area contributed by atoms with E-state index >= 15 is 0 Å². The Labute approximate surface area is 106 Å². The van der Waals surface area contributed by atoms with Crippen LogP contribution < -0.4 is 10.6 Å². The molecule has 18 heavy (non-hydrogen) atoms. The molecule has 0 aliphatic carbocycles. The maximum atomic E-state index is 5.45. The van der Waals surface area contributed by atoms with Crippen LogP contribution in [0.4, 0.5) is 6.01 Å². The van der Waals surface area contributed by atoms with E-state index in [1.54, 1.807) is 6.26 Å². The Morgan fingerprint density at radius 1 is 1.39 bits per heavy atom. The lowest BCUT2D eigenvalue weighted by atomic mass is 10.2. The van der Waals surface area contributed by atoms with Crippen molar-refractivity contribution in [2.75, 3.05) is 11.9 Å². The number of hydrogen-bond acceptors (Lipinski definition) is 6. The summed E-state index contributed by atoms with van der Waals surface area (Å²) < 4.78 is 10.7. The monoisotopic (exact) mass is 250 g/mol. The summed E-state index contributed by atoms with van der Waals surface area (Å²) in [5.74, 6) is 1.52. The van der Waals surface area contributed by atoms with Crippen LogP contribution in [0.3, 0.4) is 0 Å². The molecular weight excluding hydrogens is 232 g/mol. The lowest BCUT2D eigenvalue weighted by Gasteiger charge is -2.09. The van der Waals surface area contributed by atoms with E-state index in [4.69, 9.17) is 8.83 Å². The first-order chi connectivity index (χ1) is 8.78. The van der Waals surface area contributed by atoms with E-state index < -0.39 is 0 Å². The highest BCUT2D eigenvalue weighted by Crippen LogP contribution is 2.10. The number of aromatic nitrogens is 2. The van der Waals surface area contributed by atoms with Gasteiger partial charge in [0.15, 0.2) is 0 Å². The number of hydrogen-bond donors (Lipinski definition) is 2. The summed E-state index contributed by atoms with van der Waals surface area (Å²) in [5, 5.41) is 14.2. The molecule has 2 aromatic rings. The van der Waals surface area contributed by atoms with Gasteiger partial charge in [0.1, 0.15) is 5.76 Å². The van der Waals surface area contributed by atoms with Gasteiger partial charge in [-0.1, -0.05) is 12.0 Å². The molecule has 6 heteroatoms. The minimum Gasteiger partial charge on any atom is -0.469 e. The lowest BCUT2D eigenvalue weighted by molar-refractivity contribution is 0.469. The predicted molar refractivity (Wildman–Crippen MR) is 67.2 cm³/mol. The van der Waals surface area contributed by atoms with Gasteiger partial charge in [-0.05, 0) is 25.6 Å². The summed E-state index contributed by atoms with van der Waals surface area (Å²) in [7, 11) is 0. The van der Waals surface area contributed by atoms with E-state index in [0.717, 1.165) is 18.7 Å². The van der Waals surface area contributed by atoms with Gasteiger partial charge in [0, 0.05) is 12.5 Å². The normalized spacial score (nSPS) is 12.6. The molecule has 1 unspecified atom stereocenters. The van der Waals surface area contributed by atoms with Crippen molar-refractivity contribution in [3.05, 3.63) is 30.0 Å². The molecule has 2 N–H and O–H groups in total. The van der Waals surface area contributed by atoms with Crippen LogP contribution in [0.5, 0.6) is 0 Å². The molecule has 0 saturated heterocycles. The van der Waals surface area contributed by atoms with Crippen molar-refractivity contribution in [3.63, 3.8) is 0 Å². The van der Waals surface area contributed by atoms with Crippen LogP contribution in [-0.4, -0.2) is 22.8 Å². The third-order valence-electron chi connectivity index (χ3n) is 2.45. The zero-order valence-electron chi connectivity index (χ0n) is 10.6. The Hall–Kier alpha value is -1.82. The number of furan rings is 1. The first-order valence-corrected chi connectivity index (χ1v) is 6.10. The SMILES string of the molecule is CCNCc1nnc(NC(C)Cc2ccco2)o1. The molecule has 2 aromatic heterocycles. The third-order valence-corrected chi connectivity index (χ3v) is 2.45. The fraction of sp³-hybridized carbons (Fsp3) is 0.500. The second kappa shape index (κ2) is 6.20. The highest BCUT2D eigenvalue weighted by molar-refractivity contribution is 5.20. The van der Waals surface area contributed by atoms with E-state index in [1.807, 2.05) is 26.0 Å². The third kappa shape index (κ3) is 3.59. The van der Waals surface area contributed by atoms with E-state index in [2.05, 4.69) is 20.8 Å². The van der Waals surface area contributed by atoms with Gasteiger partial charge in [0.25, 0.3) is 0 Å². The van der Waals surface area contributed by atoms with E-state index in [-0.39, 0.29) is 6.04 Å². The summed E-state index contributed by atoms with van der Waals surface area (Å²) in [6, 6.07) is 4.44. The number of nitrogens with one attached hydrogen (secondary N) is 2. The Morgan fingerprint density at radius 2 is 2.28 bits per heavy atom. The first-order valence-electron chi connectivity index (χ1n) is 6.10. The summed E-state index contributed by atoms with van der Waals surface area (Å²) in [6.07, 6.45) is 2.45. The summed E-state index contributed by atoms with van der Waals surface area (Å²) in [5.41, 5.74) is 0.